The second-order valence-corrected chi connectivity index (χ2v) is 6.07. The summed E-state index contributed by atoms with van der Waals surface area (Å²) in [5.74, 6) is 1.06. The van der Waals surface area contributed by atoms with E-state index >= 15 is 0 Å². The van der Waals surface area contributed by atoms with E-state index in [0.717, 1.165) is 37.3 Å². The van der Waals surface area contributed by atoms with Crippen molar-refractivity contribution in [2.75, 3.05) is 6.54 Å². The molecule has 21 heavy (non-hydrogen) atoms. The summed E-state index contributed by atoms with van der Waals surface area (Å²) in [6, 6.07) is 5.22. The van der Waals surface area contributed by atoms with E-state index < -0.39 is 0 Å². The Bertz CT molecular complexity index is 427. The molecule has 1 aliphatic rings. The van der Waals surface area contributed by atoms with Crippen LogP contribution in [0, 0.1) is 11.7 Å². The highest BCUT2D eigenvalue weighted by Gasteiger charge is 2.23. The molecule has 0 radical (unpaired) electrons. The SMILES string of the molecule is CCCNCc1cccc(F)c1OC1CCC(CC)CC1. The highest BCUT2D eigenvalue weighted by Crippen LogP contribution is 2.31. The monoisotopic (exact) mass is 293 g/mol. The molecule has 0 aromatic heterocycles. The molecule has 1 aromatic carbocycles. The van der Waals surface area contributed by atoms with Crippen LogP contribution in [-0.2, 0) is 6.54 Å². The van der Waals surface area contributed by atoms with Crippen molar-refractivity contribution in [3.8, 4) is 5.75 Å². The smallest absolute Gasteiger partial charge is 0.165 e. The van der Waals surface area contributed by atoms with Crippen molar-refractivity contribution in [1.29, 1.82) is 0 Å². The third-order valence-electron chi connectivity index (χ3n) is 4.45. The van der Waals surface area contributed by atoms with E-state index in [1.54, 1.807) is 6.07 Å². The van der Waals surface area contributed by atoms with E-state index in [4.69, 9.17) is 4.74 Å². The van der Waals surface area contributed by atoms with Gasteiger partial charge in [-0.05, 0) is 50.6 Å². The Morgan fingerprint density at radius 3 is 2.62 bits per heavy atom. The largest absolute Gasteiger partial charge is 0.487 e. The van der Waals surface area contributed by atoms with Crippen molar-refractivity contribution in [1.82, 2.24) is 5.32 Å². The standard InChI is InChI=1S/C18H28FNO/c1-3-12-20-13-15-6-5-7-17(19)18(15)21-16-10-8-14(4-2)9-11-16/h5-7,14,16,20H,3-4,8-13H2,1-2H3. The average molecular weight is 293 g/mol. The topological polar surface area (TPSA) is 21.3 Å². The van der Waals surface area contributed by atoms with Gasteiger partial charge in [-0.1, -0.05) is 32.4 Å². The van der Waals surface area contributed by atoms with Gasteiger partial charge in [-0.25, -0.2) is 4.39 Å². The van der Waals surface area contributed by atoms with E-state index in [-0.39, 0.29) is 11.9 Å². The van der Waals surface area contributed by atoms with Crippen molar-refractivity contribution < 1.29 is 9.13 Å². The Hall–Kier alpha value is -1.09. The van der Waals surface area contributed by atoms with Gasteiger partial charge < -0.3 is 10.1 Å². The predicted octanol–water partition coefficient (Wildman–Crippen LogP) is 4.67. The Morgan fingerprint density at radius 2 is 1.95 bits per heavy atom. The molecule has 1 aromatic rings. The number of para-hydroxylation sites is 1. The van der Waals surface area contributed by atoms with Gasteiger partial charge in [0.2, 0.25) is 0 Å². The molecule has 2 nitrogen and oxygen atoms in total. The Kier molecular flexibility index (Phi) is 6.50. The van der Waals surface area contributed by atoms with Gasteiger partial charge in [-0.15, -0.1) is 0 Å². The minimum atomic E-state index is -0.233. The highest BCUT2D eigenvalue weighted by atomic mass is 19.1. The second kappa shape index (κ2) is 8.38. The van der Waals surface area contributed by atoms with Crippen molar-refractivity contribution in [3.05, 3.63) is 29.6 Å². The van der Waals surface area contributed by atoms with Crippen LogP contribution in [0.3, 0.4) is 0 Å². The molecule has 1 N–H and O–H groups in total. The zero-order chi connectivity index (χ0) is 15.1. The minimum absolute atomic E-state index is 0.176. The minimum Gasteiger partial charge on any atom is -0.487 e. The third kappa shape index (κ3) is 4.70. The van der Waals surface area contributed by atoms with E-state index in [9.17, 15) is 4.39 Å². The Balaban J connectivity index is 1.98. The first-order chi connectivity index (χ1) is 10.2. The summed E-state index contributed by atoms with van der Waals surface area (Å²) in [6.07, 6.45) is 7.02. The van der Waals surface area contributed by atoms with Gasteiger partial charge in [-0.3, -0.25) is 0 Å². The van der Waals surface area contributed by atoms with Crippen LogP contribution in [0.4, 0.5) is 4.39 Å². The Labute approximate surface area is 128 Å². The van der Waals surface area contributed by atoms with Gasteiger partial charge in [0.15, 0.2) is 11.6 Å². The lowest BCUT2D eigenvalue weighted by Gasteiger charge is -2.29. The summed E-state index contributed by atoms with van der Waals surface area (Å²) in [4.78, 5) is 0. The maximum absolute atomic E-state index is 14.1. The first-order valence-electron chi connectivity index (χ1n) is 8.39. The normalized spacial score (nSPS) is 22.2. The molecule has 118 valence electrons. The van der Waals surface area contributed by atoms with Crippen LogP contribution in [-0.4, -0.2) is 12.6 Å². The number of ether oxygens (including phenoxy) is 1. The molecule has 1 fully saturated rings. The Morgan fingerprint density at radius 1 is 1.19 bits per heavy atom. The summed E-state index contributed by atoms with van der Waals surface area (Å²) in [7, 11) is 0. The van der Waals surface area contributed by atoms with Gasteiger partial charge in [0, 0.05) is 12.1 Å². The molecule has 0 unspecified atom stereocenters. The molecule has 1 saturated carbocycles. The summed E-state index contributed by atoms with van der Waals surface area (Å²) >= 11 is 0. The zero-order valence-electron chi connectivity index (χ0n) is 13.3. The average Bonchev–Trinajstić information content (AvgIpc) is 2.51. The van der Waals surface area contributed by atoms with Gasteiger partial charge in [-0.2, -0.15) is 0 Å². The number of hydrogen-bond acceptors (Lipinski definition) is 2. The fourth-order valence-electron chi connectivity index (χ4n) is 3.05. The fraction of sp³-hybridized carbons (Fsp3) is 0.667. The molecular weight excluding hydrogens is 265 g/mol. The van der Waals surface area contributed by atoms with Crippen molar-refractivity contribution in [2.24, 2.45) is 5.92 Å². The second-order valence-electron chi connectivity index (χ2n) is 6.07. The summed E-state index contributed by atoms with van der Waals surface area (Å²) in [5.41, 5.74) is 0.932. The molecule has 0 heterocycles. The van der Waals surface area contributed by atoms with Crippen molar-refractivity contribution in [3.63, 3.8) is 0 Å². The molecule has 0 spiro atoms. The molecule has 0 saturated heterocycles. The summed E-state index contributed by atoms with van der Waals surface area (Å²) in [6.45, 7) is 5.99. The molecule has 0 bridgehead atoms. The van der Waals surface area contributed by atoms with Crippen LogP contribution in [0.1, 0.15) is 57.9 Å². The highest BCUT2D eigenvalue weighted by molar-refractivity contribution is 5.35. The van der Waals surface area contributed by atoms with Crippen LogP contribution in [0.15, 0.2) is 18.2 Å². The quantitative estimate of drug-likeness (QED) is 0.737. The van der Waals surface area contributed by atoms with Crippen LogP contribution in [0.5, 0.6) is 5.75 Å². The maximum Gasteiger partial charge on any atom is 0.165 e. The van der Waals surface area contributed by atoms with Crippen LogP contribution in [0.2, 0.25) is 0 Å². The van der Waals surface area contributed by atoms with E-state index in [1.807, 2.05) is 6.07 Å². The van der Waals surface area contributed by atoms with Gasteiger partial charge in [0.05, 0.1) is 6.10 Å². The third-order valence-corrected chi connectivity index (χ3v) is 4.45. The molecule has 0 amide bonds. The predicted molar refractivity (Wildman–Crippen MR) is 85.1 cm³/mol. The number of halogens is 1. The summed E-state index contributed by atoms with van der Waals surface area (Å²) < 4.78 is 20.1. The lowest BCUT2D eigenvalue weighted by atomic mass is 9.86. The molecule has 2 rings (SSSR count). The van der Waals surface area contributed by atoms with Gasteiger partial charge >= 0.3 is 0 Å². The molecule has 0 atom stereocenters. The van der Waals surface area contributed by atoms with Crippen LogP contribution in [0.25, 0.3) is 0 Å². The lowest BCUT2D eigenvalue weighted by Crippen LogP contribution is -2.25. The molecule has 0 aliphatic heterocycles. The van der Waals surface area contributed by atoms with E-state index in [1.165, 1.54) is 25.3 Å². The van der Waals surface area contributed by atoms with Crippen molar-refractivity contribution >= 4 is 0 Å². The van der Waals surface area contributed by atoms with Crippen LogP contribution < -0.4 is 10.1 Å². The summed E-state index contributed by atoms with van der Waals surface area (Å²) in [5, 5.41) is 3.33. The van der Waals surface area contributed by atoms with E-state index in [0.29, 0.717) is 12.3 Å². The fourth-order valence-corrected chi connectivity index (χ4v) is 3.05. The van der Waals surface area contributed by atoms with Gasteiger partial charge in [0.25, 0.3) is 0 Å². The molecule has 1 aliphatic carbocycles. The zero-order valence-corrected chi connectivity index (χ0v) is 13.3. The first kappa shape index (κ1) is 16.3. The molecule has 3 heteroatoms. The molecular formula is C18H28FNO. The van der Waals surface area contributed by atoms with Crippen LogP contribution >= 0.6 is 0 Å². The first-order valence-corrected chi connectivity index (χ1v) is 8.39. The number of hydrogen-bond donors (Lipinski definition) is 1. The number of nitrogens with one attached hydrogen (secondary N) is 1. The number of benzene rings is 1. The maximum atomic E-state index is 14.1. The lowest BCUT2D eigenvalue weighted by molar-refractivity contribution is 0.123. The van der Waals surface area contributed by atoms with Crippen molar-refractivity contribution in [2.45, 2.75) is 65.0 Å². The van der Waals surface area contributed by atoms with Gasteiger partial charge in [0.1, 0.15) is 0 Å². The number of rotatable bonds is 7. The van der Waals surface area contributed by atoms with E-state index in [2.05, 4.69) is 19.2 Å².